The largest absolute Gasteiger partial charge is 0.309 e. The van der Waals surface area contributed by atoms with E-state index in [-0.39, 0.29) is 5.56 Å². The molecule has 4 aromatic rings. The highest BCUT2D eigenvalue weighted by Crippen LogP contribution is 2.40. The fraction of sp³-hybridized carbons (Fsp3) is 0.300. The smallest absolute Gasteiger partial charge is 0.260 e. The topological polar surface area (TPSA) is 76.5 Å². The average molecular weight is 410 g/mol. The van der Waals surface area contributed by atoms with E-state index in [0.717, 1.165) is 33.5 Å². The van der Waals surface area contributed by atoms with Crippen molar-refractivity contribution < 1.29 is 0 Å². The molecule has 1 N–H and O–H groups in total. The first-order chi connectivity index (χ1) is 13.7. The van der Waals surface area contributed by atoms with Crippen LogP contribution in [0.2, 0.25) is 0 Å². The third kappa shape index (κ3) is 3.16. The standard InChI is InChI=1S/C20H19N5OS2/c1-2-25-17(13-8-9-13)23-24-20(25)28-11-15-21-18(26)16-14(10-27-19(16)22-15)12-6-4-3-5-7-12/h3-7,10,13H,2,8-9,11H2,1H3,(H,21,22,26). The predicted molar refractivity (Wildman–Crippen MR) is 113 cm³/mol. The van der Waals surface area contributed by atoms with E-state index in [0.29, 0.717) is 22.9 Å². The van der Waals surface area contributed by atoms with Crippen molar-refractivity contribution in [2.45, 2.75) is 43.1 Å². The minimum Gasteiger partial charge on any atom is -0.309 e. The molecule has 0 aliphatic heterocycles. The van der Waals surface area contributed by atoms with Gasteiger partial charge in [-0.2, -0.15) is 0 Å². The molecule has 28 heavy (non-hydrogen) atoms. The number of aromatic amines is 1. The molecule has 142 valence electrons. The van der Waals surface area contributed by atoms with Crippen molar-refractivity contribution >= 4 is 33.3 Å². The molecule has 3 heterocycles. The highest BCUT2D eigenvalue weighted by Gasteiger charge is 2.30. The Balaban J connectivity index is 1.43. The maximum absolute atomic E-state index is 12.8. The van der Waals surface area contributed by atoms with E-state index < -0.39 is 0 Å². The molecule has 0 spiro atoms. The van der Waals surface area contributed by atoms with Gasteiger partial charge < -0.3 is 9.55 Å². The number of H-pyrrole nitrogens is 1. The first kappa shape index (κ1) is 17.6. The fourth-order valence-electron chi connectivity index (χ4n) is 3.37. The molecule has 1 fully saturated rings. The highest BCUT2D eigenvalue weighted by atomic mass is 32.2. The zero-order valence-electron chi connectivity index (χ0n) is 15.4. The first-order valence-corrected chi connectivity index (χ1v) is 11.2. The fourth-order valence-corrected chi connectivity index (χ4v) is 5.22. The normalized spacial score (nSPS) is 14.0. The molecule has 1 saturated carbocycles. The van der Waals surface area contributed by atoms with Gasteiger partial charge in [-0.15, -0.1) is 21.5 Å². The second kappa shape index (κ2) is 7.18. The third-order valence-electron chi connectivity index (χ3n) is 4.92. The summed E-state index contributed by atoms with van der Waals surface area (Å²) >= 11 is 3.08. The Hall–Kier alpha value is -2.45. The summed E-state index contributed by atoms with van der Waals surface area (Å²) in [6.45, 7) is 2.97. The van der Waals surface area contributed by atoms with Crippen molar-refractivity contribution in [2.75, 3.05) is 0 Å². The average Bonchev–Trinajstić information content (AvgIpc) is 3.33. The molecule has 6 nitrogen and oxygen atoms in total. The number of fused-ring (bicyclic) bond motifs is 1. The van der Waals surface area contributed by atoms with Gasteiger partial charge in [0.25, 0.3) is 5.56 Å². The molecular formula is C20H19N5OS2. The first-order valence-electron chi connectivity index (χ1n) is 9.36. The van der Waals surface area contributed by atoms with Gasteiger partial charge in [0.1, 0.15) is 16.5 Å². The minimum absolute atomic E-state index is 0.0867. The second-order valence-corrected chi connectivity index (χ2v) is 8.66. The lowest BCUT2D eigenvalue weighted by Gasteiger charge is -2.06. The lowest BCUT2D eigenvalue weighted by atomic mass is 10.1. The van der Waals surface area contributed by atoms with Crippen LogP contribution in [0.1, 0.15) is 37.3 Å². The summed E-state index contributed by atoms with van der Waals surface area (Å²) < 4.78 is 2.18. The molecule has 5 rings (SSSR count). The maximum Gasteiger partial charge on any atom is 0.260 e. The maximum atomic E-state index is 12.8. The van der Waals surface area contributed by atoms with Gasteiger partial charge in [-0.1, -0.05) is 42.1 Å². The van der Waals surface area contributed by atoms with Gasteiger partial charge in [0.2, 0.25) is 0 Å². The second-order valence-electron chi connectivity index (χ2n) is 6.86. The zero-order valence-corrected chi connectivity index (χ0v) is 17.0. The van der Waals surface area contributed by atoms with Gasteiger partial charge in [0.15, 0.2) is 5.16 Å². The van der Waals surface area contributed by atoms with Gasteiger partial charge in [-0.3, -0.25) is 4.79 Å². The number of nitrogens with zero attached hydrogens (tertiary/aromatic N) is 4. The van der Waals surface area contributed by atoms with Crippen LogP contribution in [0.25, 0.3) is 21.3 Å². The van der Waals surface area contributed by atoms with Gasteiger partial charge >= 0.3 is 0 Å². The number of thiophene rings is 1. The molecule has 0 atom stereocenters. The molecule has 1 aliphatic rings. The summed E-state index contributed by atoms with van der Waals surface area (Å²) in [6, 6.07) is 9.95. The van der Waals surface area contributed by atoms with Gasteiger partial charge in [0.05, 0.1) is 11.1 Å². The van der Waals surface area contributed by atoms with Crippen molar-refractivity contribution in [1.29, 1.82) is 0 Å². The van der Waals surface area contributed by atoms with Crippen molar-refractivity contribution in [2.24, 2.45) is 0 Å². The van der Waals surface area contributed by atoms with Gasteiger partial charge in [-0.25, -0.2) is 4.98 Å². The van der Waals surface area contributed by atoms with E-state index >= 15 is 0 Å². The molecule has 0 bridgehead atoms. The van der Waals surface area contributed by atoms with E-state index in [1.165, 1.54) is 24.2 Å². The lowest BCUT2D eigenvalue weighted by Crippen LogP contribution is -2.11. The summed E-state index contributed by atoms with van der Waals surface area (Å²) in [4.78, 5) is 21.2. The minimum atomic E-state index is -0.0867. The Labute approximate surface area is 170 Å². The molecule has 1 aliphatic carbocycles. The monoisotopic (exact) mass is 409 g/mol. The predicted octanol–water partition coefficient (Wildman–Crippen LogP) is 4.43. The van der Waals surface area contributed by atoms with Crippen LogP contribution in [0.5, 0.6) is 0 Å². The Morgan fingerprint density at radius 2 is 2.07 bits per heavy atom. The molecule has 0 radical (unpaired) electrons. The van der Waals surface area contributed by atoms with Crippen LogP contribution < -0.4 is 5.56 Å². The molecular weight excluding hydrogens is 390 g/mol. The van der Waals surface area contributed by atoms with Crippen molar-refractivity contribution in [3.8, 4) is 11.1 Å². The number of rotatable bonds is 6. The van der Waals surface area contributed by atoms with Crippen molar-refractivity contribution in [3.63, 3.8) is 0 Å². The van der Waals surface area contributed by atoms with E-state index in [2.05, 4.69) is 26.7 Å². The van der Waals surface area contributed by atoms with E-state index in [1.807, 2.05) is 35.7 Å². The molecule has 0 unspecified atom stereocenters. The SMILES string of the molecule is CCn1c(SCc2nc3scc(-c4ccccc4)c3c(=O)[nH]2)nnc1C1CC1. The Morgan fingerprint density at radius 3 is 2.82 bits per heavy atom. The molecule has 0 saturated heterocycles. The number of nitrogens with one attached hydrogen (secondary N) is 1. The number of thioether (sulfide) groups is 1. The summed E-state index contributed by atoms with van der Waals surface area (Å²) in [5.41, 5.74) is 1.89. The van der Waals surface area contributed by atoms with E-state index in [1.54, 1.807) is 11.8 Å². The number of benzene rings is 1. The Morgan fingerprint density at radius 1 is 1.25 bits per heavy atom. The van der Waals surface area contributed by atoms with Crippen LogP contribution >= 0.6 is 23.1 Å². The number of hydrogen-bond acceptors (Lipinski definition) is 6. The quantitative estimate of drug-likeness (QED) is 0.477. The van der Waals surface area contributed by atoms with E-state index in [4.69, 9.17) is 4.98 Å². The summed E-state index contributed by atoms with van der Waals surface area (Å²) in [5, 5.41) is 12.3. The van der Waals surface area contributed by atoms with Crippen LogP contribution in [-0.2, 0) is 12.3 Å². The Kier molecular flexibility index (Phi) is 4.52. The van der Waals surface area contributed by atoms with E-state index in [9.17, 15) is 4.79 Å². The van der Waals surface area contributed by atoms with Gasteiger partial charge in [0, 0.05) is 23.4 Å². The van der Waals surface area contributed by atoms with Crippen molar-refractivity contribution in [3.05, 3.63) is 57.7 Å². The van der Waals surface area contributed by atoms with Crippen LogP contribution in [0.3, 0.4) is 0 Å². The molecule has 1 aromatic carbocycles. The third-order valence-corrected chi connectivity index (χ3v) is 6.77. The molecule has 0 amide bonds. The Bertz CT molecular complexity index is 1190. The van der Waals surface area contributed by atoms with Crippen LogP contribution in [0.4, 0.5) is 0 Å². The molecule has 8 heteroatoms. The van der Waals surface area contributed by atoms with Crippen LogP contribution in [0.15, 0.2) is 45.7 Å². The zero-order chi connectivity index (χ0) is 19.1. The summed E-state index contributed by atoms with van der Waals surface area (Å²) in [6.07, 6.45) is 2.41. The summed E-state index contributed by atoms with van der Waals surface area (Å²) in [7, 11) is 0. The summed E-state index contributed by atoms with van der Waals surface area (Å²) in [5.74, 6) is 2.89. The lowest BCUT2D eigenvalue weighted by molar-refractivity contribution is 0.643. The highest BCUT2D eigenvalue weighted by molar-refractivity contribution is 7.98. The number of hydrogen-bond donors (Lipinski definition) is 1. The van der Waals surface area contributed by atoms with Crippen molar-refractivity contribution in [1.82, 2.24) is 24.7 Å². The number of aromatic nitrogens is 5. The van der Waals surface area contributed by atoms with Gasteiger partial charge in [-0.05, 0) is 25.3 Å². The van der Waals surface area contributed by atoms with Crippen LogP contribution in [-0.4, -0.2) is 24.7 Å². The molecule has 3 aromatic heterocycles. The van der Waals surface area contributed by atoms with Crippen LogP contribution in [0, 0.1) is 0 Å².